The van der Waals surface area contributed by atoms with Gasteiger partial charge in [-0.2, -0.15) is 4.31 Å². The summed E-state index contributed by atoms with van der Waals surface area (Å²) in [5.41, 5.74) is 1.89. The Hall–Kier alpha value is -2.17. The van der Waals surface area contributed by atoms with Crippen molar-refractivity contribution in [1.82, 2.24) is 9.79 Å². The summed E-state index contributed by atoms with van der Waals surface area (Å²) in [6.07, 6.45) is 1.95. The fraction of sp³-hybridized carbons (Fsp3) is 0.500. The number of nitrogens with zero attached hydrogens (tertiary/aromatic N) is 2. The van der Waals surface area contributed by atoms with Crippen LogP contribution in [0.2, 0.25) is 0 Å². The lowest BCUT2D eigenvalue weighted by molar-refractivity contribution is -0.132. The van der Waals surface area contributed by atoms with Crippen LogP contribution in [-0.4, -0.2) is 55.9 Å². The fourth-order valence-corrected chi connectivity index (χ4v) is 4.18. The van der Waals surface area contributed by atoms with E-state index in [2.05, 4.69) is 16.9 Å². The first-order valence-corrected chi connectivity index (χ1v) is 9.65. The molecule has 0 aromatic heterocycles. The third-order valence-electron chi connectivity index (χ3n) is 3.95. The Morgan fingerprint density at radius 2 is 2.08 bits per heavy atom. The quantitative estimate of drug-likeness (QED) is 0.394. The topological polar surface area (TPSA) is 118 Å². The minimum absolute atomic E-state index is 0.0229. The lowest BCUT2D eigenvalue weighted by Gasteiger charge is -2.21. The minimum atomic E-state index is -3.97. The van der Waals surface area contributed by atoms with E-state index in [0.717, 1.165) is 17.1 Å². The molecular formula is C16H23N3O6S. The van der Waals surface area contributed by atoms with Gasteiger partial charge in [0.2, 0.25) is 10.0 Å². The fourth-order valence-electron chi connectivity index (χ4n) is 2.60. The van der Waals surface area contributed by atoms with Crippen LogP contribution < -0.4 is 10.2 Å². The van der Waals surface area contributed by atoms with E-state index >= 15 is 0 Å². The second-order valence-corrected chi connectivity index (χ2v) is 7.65. The average molecular weight is 385 g/mol. The van der Waals surface area contributed by atoms with Crippen molar-refractivity contribution in [2.24, 2.45) is 5.16 Å². The molecule has 1 aromatic rings. The van der Waals surface area contributed by atoms with Crippen molar-refractivity contribution in [3.63, 3.8) is 0 Å². The lowest BCUT2D eigenvalue weighted by atomic mass is 10.2. The van der Waals surface area contributed by atoms with Crippen molar-refractivity contribution in [3.05, 3.63) is 24.3 Å². The standard InChI is InChI=1S/C16H23N3O6S/c1-3-4-9-25-13-5-7-14(8-6-13)26(22,23)19-11-12(18-24-2)10-15(19)16(20)17-21/h5-8,15,21H,3-4,9-11H2,1-2H3,(H,17,20)/b18-12-/t15-/m0/s1. The normalized spacial score (nSPS) is 19.5. The van der Waals surface area contributed by atoms with Gasteiger partial charge < -0.3 is 9.57 Å². The molecule has 1 aromatic carbocycles. The predicted molar refractivity (Wildman–Crippen MR) is 93.5 cm³/mol. The molecule has 1 saturated heterocycles. The molecule has 1 aliphatic rings. The Balaban J connectivity index is 2.23. The molecule has 10 heteroatoms. The zero-order valence-electron chi connectivity index (χ0n) is 14.7. The molecule has 1 heterocycles. The van der Waals surface area contributed by atoms with Crippen LogP contribution in [0.15, 0.2) is 34.3 Å². The number of carbonyl (C=O) groups excluding carboxylic acids is 1. The van der Waals surface area contributed by atoms with Crippen LogP contribution in [0.25, 0.3) is 0 Å². The summed E-state index contributed by atoms with van der Waals surface area (Å²) in [6.45, 7) is 2.52. The maximum atomic E-state index is 12.9. The van der Waals surface area contributed by atoms with Gasteiger partial charge in [-0.15, -0.1) is 0 Å². The molecule has 1 fully saturated rings. The van der Waals surface area contributed by atoms with Gasteiger partial charge >= 0.3 is 0 Å². The number of hydrogen-bond donors (Lipinski definition) is 2. The Kier molecular flexibility index (Phi) is 6.95. The largest absolute Gasteiger partial charge is 0.494 e. The summed E-state index contributed by atoms with van der Waals surface area (Å²) in [5.74, 6) is -0.250. The van der Waals surface area contributed by atoms with Gasteiger partial charge in [0, 0.05) is 6.42 Å². The zero-order chi connectivity index (χ0) is 19.2. The van der Waals surface area contributed by atoms with Crippen molar-refractivity contribution in [2.45, 2.75) is 37.1 Å². The first-order valence-electron chi connectivity index (χ1n) is 8.21. The first kappa shape index (κ1) is 20.1. The summed E-state index contributed by atoms with van der Waals surface area (Å²) in [7, 11) is -2.63. The third-order valence-corrected chi connectivity index (χ3v) is 5.81. The van der Waals surface area contributed by atoms with Gasteiger partial charge in [-0.25, -0.2) is 13.9 Å². The van der Waals surface area contributed by atoms with Gasteiger partial charge in [-0.3, -0.25) is 10.0 Å². The molecule has 144 valence electrons. The maximum Gasteiger partial charge on any atom is 0.262 e. The van der Waals surface area contributed by atoms with E-state index in [9.17, 15) is 13.2 Å². The number of rotatable bonds is 8. The SMILES string of the molecule is CCCCOc1ccc(S(=O)(=O)N2C/C(=N\OC)C[C@H]2C(=O)NO)cc1. The first-order chi connectivity index (χ1) is 12.4. The van der Waals surface area contributed by atoms with Crippen LogP contribution in [0.4, 0.5) is 0 Å². The number of carbonyl (C=O) groups is 1. The monoisotopic (exact) mass is 385 g/mol. The van der Waals surface area contributed by atoms with Crippen LogP contribution in [0.1, 0.15) is 26.2 Å². The van der Waals surface area contributed by atoms with Gasteiger partial charge in [-0.1, -0.05) is 18.5 Å². The lowest BCUT2D eigenvalue weighted by Crippen LogP contribution is -2.45. The molecule has 1 atom stereocenters. The number of benzene rings is 1. The summed E-state index contributed by atoms with van der Waals surface area (Å²) < 4.78 is 32.3. The van der Waals surface area contributed by atoms with Gasteiger partial charge in [0.05, 0.1) is 23.8 Å². The highest BCUT2D eigenvalue weighted by Gasteiger charge is 2.42. The molecule has 0 saturated carbocycles. The van der Waals surface area contributed by atoms with E-state index in [4.69, 9.17) is 9.94 Å². The number of hydroxylamine groups is 1. The van der Waals surface area contributed by atoms with Gasteiger partial charge in [0.25, 0.3) is 5.91 Å². The van der Waals surface area contributed by atoms with E-state index in [1.165, 1.54) is 24.7 Å². The molecule has 0 radical (unpaired) electrons. The molecule has 0 bridgehead atoms. The Morgan fingerprint density at radius 1 is 1.38 bits per heavy atom. The number of amides is 1. The van der Waals surface area contributed by atoms with E-state index in [0.29, 0.717) is 18.1 Å². The Bertz CT molecular complexity index is 748. The number of nitrogens with one attached hydrogen (secondary N) is 1. The maximum absolute atomic E-state index is 12.9. The molecule has 1 aliphatic heterocycles. The number of ether oxygens (including phenoxy) is 1. The van der Waals surface area contributed by atoms with Crippen LogP contribution in [0.5, 0.6) is 5.75 Å². The van der Waals surface area contributed by atoms with Crippen molar-refractivity contribution in [3.8, 4) is 5.75 Å². The van der Waals surface area contributed by atoms with Crippen molar-refractivity contribution >= 4 is 21.6 Å². The summed E-state index contributed by atoms with van der Waals surface area (Å²) >= 11 is 0. The summed E-state index contributed by atoms with van der Waals surface area (Å²) in [6, 6.07) is 4.90. The van der Waals surface area contributed by atoms with Crippen molar-refractivity contribution in [1.29, 1.82) is 0 Å². The Morgan fingerprint density at radius 3 is 2.65 bits per heavy atom. The second-order valence-electron chi connectivity index (χ2n) is 5.76. The predicted octanol–water partition coefficient (Wildman–Crippen LogP) is 1.14. The van der Waals surface area contributed by atoms with Crippen molar-refractivity contribution < 1.29 is 28.0 Å². The molecule has 1 amide bonds. The average Bonchev–Trinajstić information content (AvgIpc) is 3.07. The van der Waals surface area contributed by atoms with Gasteiger partial charge in [0.15, 0.2) is 0 Å². The summed E-state index contributed by atoms with van der Waals surface area (Å²) in [4.78, 5) is 16.6. The van der Waals surface area contributed by atoms with Gasteiger partial charge in [-0.05, 0) is 30.7 Å². The molecule has 2 rings (SSSR count). The molecule has 9 nitrogen and oxygen atoms in total. The smallest absolute Gasteiger partial charge is 0.262 e. The Labute approximate surface area is 152 Å². The zero-order valence-corrected chi connectivity index (χ0v) is 15.5. The van der Waals surface area contributed by atoms with Crippen LogP contribution in [0, 0.1) is 0 Å². The number of oxime groups is 1. The second kappa shape index (κ2) is 8.97. The van der Waals surface area contributed by atoms with E-state index in [1.54, 1.807) is 12.1 Å². The highest BCUT2D eigenvalue weighted by Crippen LogP contribution is 2.26. The molecule has 0 aliphatic carbocycles. The number of sulfonamides is 1. The highest BCUT2D eigenvalue weighted by atomic mass is 32.2. The molecule has 26 heavy (non-hydrogen) atoms. The number of hydrogen-bond acceptors (Lipinski definition) is 7. The third kappa shape index (κ3) is 4.51. The van der Waals surface area contributed by atoms with E-state index in [1.807, 2.05) is 0 Å². The van der Waals surface area contributed by atoms with Crippen LogP contribution >= 0.6 is 0 Å². The van der Waals surface area contributed by atoms with Crippen molar-refractivity contribution in [2.75, 3.05) is 20.3 Å². The number of unbranched alkanes of at least 4 members (excludes halogenated alkanes) is 1. The van der Waals surface area contributed by atoms with E-state index in [-0.39, 0.29) is 17.9 Å². The minimum Gasteiger partial charge on any atom is -0.494 e. The summed E-state index contributed by atoms with van der Waals surface area (Å²) in [5, 5.41) is 12.6. The molecule has 0 spiro atoms. The highest BCUT2D eigenvalue weighted by molar-refractivity contribution is 7.89. The molecule has 0 unspecified atom stereocenters. The van der Waals surface area contributed by atoms with Crippen LogP contribution in [-0.2, 0) is 19.7 Å². The molecule has 2 N–H and O–H groups in total. The molecular weight excluding hydrogens is 362 g/mol. The van der Waals surface area contributed by atoms with E-state index < -0.39 is 22.0 Å². The van der Waals surface area contributed by atoms with Gasteiger partial charge in [0.1, 0.15) is 18.9 Å². The van der Waals surface area contributed by atoms with Crippen LogP contribution in [0.3, 0.4) is 0 Å².